The number of terminal acetylenes is 1. The molecule has 4 atom stereocenters. The van der Waals surface area contributed by atoms with Crippen molar-refractivity contribution in [2.24, 2.45) is 17.3 Å². The largest absolute Gasteiger partial charge is 0.251 e. The highest BCUT2D eigenvalue weighted by Crippen LogP contribution is 2.46. The van der Waals surface area contributed by atoms with Crippen molar-refractivity contribution in [3.8, 4) is 24.2 Å². The Labute approximate surface area is 168 Å². The van der Waals surface area contributed by atoms with E-state index in [9.17, 15) is 4.39 Å². The SMILES string of the molecule is C#CCC(C#CC)(CC(CF)Cc1ccccc1)C(C)C(F)c1ccccc1. The Balaban J connectivity index is 2.32. The lowest BCUT2D eigenvalue weighted by atomic mass is 9.66. The van der Waals surface area contributed by atoms with E-state index in [0.717, 1.165) is 5.56 Å². The van der Waals surface area contributed by atoms with Gasteiger partial charge in [0.15, 0.2) is 0 Å². The lowest BCUT2D eigenvalue weighted by Gasteiger charge is -2.37. The van der Waals surface area contributed by atoms with Gasteiger partial charge in [0.05, 0.1) is 6.67 Å². The maximum absolute atomic E-state index is 15.4. The fraction of sp³-hybridized carbons (Fsp3) is 0.385. The summed E-state index contributed by atoms with van der Waals surface area (Å²) in [5.74, 6) is 8.10. The second-order valence-electron chi connectivity index (χ2n) is 7.43. The van der Waals surface area contributed by atoms with Crippen LogP contribution in [0.1, 0.15) is 44.0 Å². The highest BCUT2D eigenvalue weighted by atomic mass is 19.1. The molecule has 28 heavy (non-hydrogen) atoms. The van der Waals surface area contributed by atoms with E-state index in [0.29, 0.717) is 24.8 Å². The number of hydrogen-bond donors (Lipinski definition) is 0. The number of hydrogen-bond acceptors (Lipinski definition) is 0. The van der Waals surface area contributed by atoms with E-state index >= 15 is 4.39 Å². The molecule has 0 spiro atoms. The average Bonchev–Trinajstić information content (AvgIpc) is 2.73. The highest BCUT2D eigenvalue weighted by Gasteiger charge is 2.41. The van der Waals surface area contributed by atoms with Gasteiger partial charge in [-0.3, -0.25) is 4.39 Å². The quantitative estimate of drug-likeness (QED) is 0.432. The molecule has 0 aliphatic carbocycles. The maximum Gasteiger partial charge on any atom is 0.129 e. The zero-order chi connectivity index (χ0) is 20.4. The van der Waals surface area contributed by atoms with Crippen molar-refractivity contribution < 1.29 is 8.78 Å². The van der Waals surface area contributed by atoms with Gasteiger partial charge in [-0.2, -0.15) is 0 Å². The summed E-state index contributed by atoms with van der Waals surface area (Å²) in [5.41, 5.74) is 0.899. The molecule has 4 unspecified atom stereocenters. The number of halogens is 2. The topological polar surface area (TPSA) is 0 Å². The minimum atomic E-state index is -1.22. The van der Waals surface area contributed by atoms with Crippen LogP contribution < -0.4 is 0 Å². The van der Waals surface area contributed by atoms with Crippen LogP contribution >= 0.6 is 0 Å². The van der Waals surface area contributed by atoms with Gasteiger partial charge in [-0.25, -0.2) is 4.39 Å². The van der Waals surface area contributed by atoms with Crippen LogP contribution in [0.5, 0.6) is 0 Å². The smallest absolute Gasteiger partial charge is 0.129 e. The molecule has 0 nitrogen and oxygen atoms in total. The lowest BCUT2D eigenvalue weighted by molar-refractivity contribution is 0.104. The van der Waals surface area contributed by atoms with Gasteiger partial charge < -0.3 is 0 Å². The molecule has 0 heterocycles. The number of alkyl halides is 2. The first-order valence-electron chi connectivity index (χ1n) is 9.72. The molecule has 0 saturated heterocycles. The first-order chi connectivity index (χ1) is 13.6. The van der Waals surface area contributed by atoms with Crippen LogP contribution in [0.4, 0.5) is 8.78 Å². The molecule has 0 amide bonds. The number of benzene rings is 2. The van der Waals surface area contributed by atoms with Gasteiger partial charge in [-0.1, -0.05) is 73.5 Å². The minimum Gasteiger partial charge on any atom is -0.251 e. The van der Waals surface area contributed by atoms with Crippen molar-refractivity contribution in [1.82, 2.24) is 0 Å². The molecule has 2 heteroatoms. The zero-order valence-corrected chi connectivity index (χ0v) is 16.7. The summed E-state index contributed by atoms with van der Waals surface area (Å²) in [6.07, 6.45) is 5.76. The first kappa shape index (κ1) is 21.7. The molecule has 0 aliphatic rings. The van der Waals surface area contributed by atoms with Crippen molar-refractivity contribution in [1.29, 1.82) is 0 Å². The standard InChI is InChI=1S/C26H28F2/c1-4-16-26(17-5-2,21(3)25(28)24-14-10-7-11-15-24)19-23(20-27)18-22-12-8-6-9-13-22/h1,6-15,21,23,25H,16,18-20H2,2-3H3. The van der Waals surface area contributed by atoms with Gasteiger partial charge >= 0.3 is 0 Å². The molecule has 2 aromatic rings. The van der Waals surface area contributed by atoms with E-state index in [4.69, 9.17) is 6.42 Å². The molecular formula is C26H28F2. The van der Waals surface area contributed by atoms with E-state index in [2.05, 4.69) is 17.8 Å². The Morgan fingerprint density at radius 2 is 1.64 bits per heavy atom. The summed E-state index contributed by atoms with van der Waals surface area (Å²) < 4.78 is 29.4. The van der Waals surface area contributed by atoms with Gasteiger partial charge in [0, 0.05) is 17.8 Å². The Morgan fingerprint density at radius 3 is 2.18 bits per heavy atom. The normalized spacial score (nSPS) is 16.0. The zero-order valence-electron chi connectivity index (χ0n) is 16.7. The molecule has 0 bridgehead atoms. The van der Waals surface area contributed by atoms with E-state index in [-0.39, 0.29) is 5.92 Å². The lowest BCUT2D eigenvalue weighted by Crippen LogP contribution is -2.34. The summed E-state index contributed by atoms with van der Waals surface area (Å²) in [6.45, 7) is 3.09. The maximum atomic E-state index is 15.4. The molecule has 0 fully saturated rings. The molecular weight excluding hydrogens is 350 g/mol. The van der Waals surface area contributed by atoms with Gasteiger partial charge in [0.2, 0.25) is 0 Å². The second-order valence-corrected chi connectivity index (χ2v) is 7.43. The Hall–Kier alpha value is -2.58. The Bertz CT molecular complexity index is 810. The van der Waals surface area contributed by atoms with E-state index in [1.54, 1.807) is 19.1 Å². The average molecular weight is 379 g/mol. The monoisotopic (exact) mass is 378 g/mol. The van der Waals surface area contributed by atoms with Crippen molar-refractivity contribution in [3.05, 3.63) is 71.8 Å². The van der Waals surface area contributed by atoms with Crippen molar-refractivity contribution in [3.63, 3.8) is 0 Å². The molecule has 0 N–H and O–H groups in total. The Kier molecular flexibility index (Phi) is 8.28. The van der Waals surface area contributed by atoms with E-state index < -0.39 is 24.2 Å². The summed E-state index contributed by atoms with van der Waals surface area (Å²) >= 11 is 0. The van der Waals surface area contributed by atoms with Crippen LogP contribution in [-0.4, -0.2) is 6.67 Å². The molecule has 0 aromatic heterocycles. The van der Waals surface area contributed by atoms with Crippen LogP contribution in [-0.2, 0) is 6.42 Å². The van der Waals surface area contributed by atoms with Gasteiger partial charge in [0.25, 0.3) is 0 Å². The first-order valence-corrected chi connectivity index (χ1v) is 9.72. The third kappa shape index (κ3) is 5.46. The highest BCUT2D eigenvalue weighted by molar-refractivity contribution is 5.24. The van der Waals surface area contributed by atoms with Crippen LogP contribution in [0.3, 0.4) is 0 Å². The summed E-state index contributed by atoms with van der Waals surface area (Å²) in [5, 5.41) is 0. The van der Waals surface area contributed by atoms with Gasteiger partial charge in [-0.05, 0) is 36.8 Å². The van der Waals surface area contributed by atoms with Crippen molar-refractivity contribution in [2.75, 3.05) is 6.67 Å². The summed E-state index contributed by atoms with van der Waals surface area (Å²) in [6, 6.07) is 18.9. The molecule has 146 valence electrons. The van der Waals surface area contributed by atoms with Crippen molar-refractivity contribution >= 4 is 0 Å². The van der Waals surface area contributed by atoms with Crippen molar-refractivity contribution in [2.45, 2.75) is 39.3 Å². The predicted molar refractivity (Wildman–Crippen MR) is 113 cm³/mol. The van der Waals surface area contributed by atoms with Gasteiger partial charge in [0.1, 0.15) is 6.17 Å². The summed E-state index contributed by atoms with van der Waals surface area (Å²) in [4.78, 5) is 0. The van der Waals surface area contributed by atoms with E-state index in [1.165, 1.54) is 0 Å². The molecule has 0 aliphatic heterocycles. The van der Waals surface area contributed by atoms with Crippen LogP contribution in [0, 0.1) is 41.4 Å². The molecule has 2 aromatic carbocycles. The van der Waals surface area contributed by atoms with Crippen LogP contribution in [0.15, 0.2) is 60.7 Å². The van der Waals surface area contributed by atoms with E-state index in [1.807, 2.05) is 55.5 Å². The second kappa shape index (κ2) is 10.7. The van der Waals surface area contributed by atoms with Gasteiger partial charge in [-0.15, -0.1) is 18.3 Å². The fourth-order valence-electron chi connectivity index (χ4n) is 3.91. The Morgan fingerprint density at radius 1 is 1.04 bits per heavy atom. The summed E-state index contributed by atoms with van der Waals surface area (Å²) in [7, 11) is 0. The molecule has 2 rings (SSSR count). The predicted octanol–water partition coefficient (Wildman–Crippen LogP) is 6.58. The fourth-order valence-corrected chi connectivity index (χ4v) is 3.91. The van der Waals surface area contributed by atoms with Crippen LogP contribution in [0.2, 0.25) is 0 Å². The molecule has 0 saturated carbocycles. The molecule has 0 radical (unpaired) electrons. The third-order valence-corrected chi connectivity index (χ3v) is 5.46. The number of rotatable bonds is 9. The van der Waals surface area contributed by atoms with Crippen LogP contribution in [0.25, 0.3) is 0 Å². The minimum absolute atomic E-state index is 0.262. The third-order valence-electron chi connectivity index (χ3n) is 5.46.